The number of fused-ring (bicyclic) bond motifs is 3. The molecule has 0 N–H and O–H groups in total. The lowest BCUT2D eigenvalue weighted by molar-refractivity contribution is 0.189. The van der Waals surface area contributed by atoms with Crippen molar-refractivity contribution in [3.63, 3.8) is 0 Å². The van der Waals surface area contributed by atoms with Gasteiger partial charge in [0.1, 0.15) is 18.4 Å². The molecule has 1 aromatic carbocycles. The van der Waals surface area contributed by atoms with Crippen molar-refractivity contribution in [2.24, 2.45) is 0 Å². The van der Waals surface area contributed by atoms with Crippen LogP contribution in [0.1, 0.15) is 5.56 Å². The number of benzene rings is 1. The number of nitrogens with zero attached hydrogens (tertiary/aromatic N) is 3. The van der Waals surface area contributed by atoms with Crippen molar-refractivity contribution in [2.45, 2.75) is 19.0 Å². The Morgan fingerprint density at radius 2 is 2.30 bits per heavy atom. The summed E-state index contributed by atoms with van der Waals surface area (Å²) in [6.07, 6.45) is 0.549. The van der Waals surface area contributed by atoms with Crippen LogP contribution in [0.15, 0.2) is 35.1 Å². The molecule has 2 aliphatic rings. The number of anilines is 1. The van der Waals surface area contributed by atoms with E-state index in [1.165, 1.54) is 12.1 Å². The van der Waals surface area contributed by atoms with Crippen LogP contribution in [-0.2, 0) is 17.7 Å². The van der Waals surface area contributed by atoms with Crippen molar-refractivity contribution in [1.29, 1.82) is 0 Å². The normalized spacial score (nSPS) is 18.8. The predicted molar refractivity (Wildman–Crippen MR) is 81.2 cm³/mol. The zero-order chi connectivity index (χ0) is 15.8. The number of hydrogen-bond acceptors (Lipinski definition) is 5. The molecule has 0 bridgehead atoms. The molecule has 1 unspecified atom stereocenters. The highest BCUT2D eigenvalue weighted by molar-refractivity contribution is 5.47. The van der Waals surface area contributed by atoms with Crippen LogP contribution < -0.4 is 15.3 Å². The Morgan fingerprint density at radius 1 is 1.39 bits per heavy atom. The van der Waals surface area contributed by atoms with Crippen LogP contribution in [0.4, 0.5) is 10.2 Å². The summed E-state index contributed by atoms with van der Waals surface area (Å²) in [5, 5.41) is 0. The number of aromatic nitrogens is 2. The summed E-state index contributed by atoms with van der Waals surface area (Å²) < 4.78 is 25.8. The van der Waals surface area contributed by atoms with Gasteiger partial charge in [0.2, 0.25) is 5.88 Å². The largest absolute Gasteiger partial charge is 0.477 e. The first-order chi connectivity index (χ1) is 11.2. The molecule has 1 aromatic heterocycles. The average Bonchev–Trinajstić information content (AvgIpc) is 3.09. The minimum atomic E-state index is -0.308. The first-order valence-corrected chi connectivity index (χ1v) is 7.54. The lowest BCUT2D eigenvalue weighted by Crippen LogP contribution is -2.26. The summed E-state index contributed by atoms with van der Waals surface area (Å²) in [4.78, 5) is 18.1. The third-order valence-electron chi connectivity index (χ3n) is 4.16. The standard InChI is InChI=1S/C16H16FN3O3/c17-12-3-1-2-11(6-12)4-5-23-14-7-15-19(16(21)18-14)8-13-9-22-10-20(13)15/h1-3,6-7,13H,4-5,8-10H2. The molecular weight excluding hydrogens is 301 g/mol. The fourth-order valence-electron chi connectivity index (χ4n) is 3.02. The molecule has 7 heteroatoms. The number of ether oxygens (including phenoxy) is 2. The van der Waals surface area contributed by atoms with Crippen molar-refractivity contribution in [3.05, 3.63) is 52.2 Å². The Balaban J connectivity index is 1.47. The van der Waals surface area contributed by atoms with Crippen LogP contribution >= 0.6 is 0 Å². The fraction of sp³-hybridized carbons (Fsp3) is 0.375. The maximum Gasteiger partial charge on any atom is 0.352 e. The summed E-state index contributed by atoms with van der Waals surface area (Å²) in [6, 6.07) is 8.35. The molecule has 120 valence electrons. The minimum absolute atomic E-state index is 0.201. The van der Waals surface area contributed by atoms with E-state index in [-0.39, 0.29) is 17.5 Å². The van der Waals surface area contributed by atoms with Gasteiger partial charge < -0.3 is 14.4 Å². The Bertz CT molecular complexity index is 792. The minimum Gasteiger partial charge on any atom is -0.477 e. The first-order valence-electron chi connectivity index (χ1n) is 7.54. The Kier molecular flexibility index (Phi) is 3.49. The highest BCUT2D eigenvalue weighted by atomic mass is 19.1. The van der Waals surface area contributed by atoms with Gasteiger partial charge in [-0.25, -0.2) is 9.18 Å². The lowest BCUT2D eigenvalue weighted by atomic mass is 10.2. The summed E-state index contributed by atoms with van der Waals surface area (Å²) in [5.41, 5.74) is 0.536. The molecule has 3 heterocycles. The molecule has 1 fully saturated rings. The van der Waals surface area contributed by atoms with Gasteiger partial charge in [0.15, 0.2) is 0 Å². The third kappa shape index (κ3) is 2.68. The molecule has 0 saturated carbocycles. The average molecular weight is 317 g/mol. The van der Waals surface area contributed by atoms with Gasteiger partial charge in [0.05, 0.1) is 25.8 Å². The summed E-state index contributed by atoms with van der Waals surface area (Å²) in [6.45, 7) is 2.04. The SMILES string of the molecule is O=c1nc(OCCc2cccc(F)c2)cc2n1CC1COCN21. The highest BCUT2D eigenvalue weighted by Crippen LogP contribution is 2.29. The van der Waals surface area contributed by atoms with Gasteiger partial charge in [-0.05, 0) is 17.7 Å². The van der Waals surface area contributed by atoms with Crippen LogP contribution in [0.2, 0.25) is 0 Å². The van der Waals surface area contributed by atoms with E-state index in [1.54, 1.807) is 16.7 Å². The van der Waals surface area contributed by atoms with Crippen LogP contribution in [0.25, 0.3) is 0 Å². The van der Waals surface area contributed by atoms with E-state index >= 15 is 0 Å². The van der Waals surface area contributed by atoms with Crippen molar-refractivity contribution in [2.75, 3.05) is 24.8 Å². The monoisotopic (exact) mass is 317 g/mol. The molecule has 1 saturated heterocycles. The predicted octanol–water partition coefficient (Wildman–Crippen LogP) is 1.18. The molecule has 0 radical (unpaired) electrons. The van der Waals surface area contributed by atoms with E-state index < -0.39 is 0 Å². The molecule has 2 aromatic rings. The number of halogens is 1. The maximum atomic E-state index is 13.1. The van der Waals surface area contributed by atoms with Gasteiger partial charge >= 0.3 is 5.69 Å². The van der Waals surface area contributed by atoms with Gasteiger partial charge in [-0.15, -0.1) is 0 Å². The lowest BCUT2D eigenvalue weighted by Gasteiger charge is -2.15. The van der Waals surface area contributed by atoms with Crippen LogP contribution in [0, 0.1) is 5.82 Å². The molecule has 23 heavy (non-hydrogen) atoms. The smallest absolute Gasteiger partial charge is 0.352 e. The van der Waals surface area contributed by atoms with Crippen LogP contribution in [0.5, 0.6) is 5.88 Å². The first kappa shape index (κ1) is 14.2. The topological polar surface area (TPSA) is 56.6 Å². The van der Waals surface area contributed by atoms with Crippen molar-refractivity contribution in [3.8, 4) is 5.88 Å². The van der Waals surface area contributed by atoms with Gasteiger partial charge in [0, 0.05) is 12.5 Å². The Hall–Kier alpha value is -2.41. The van der Waals surface area contributed by atoms with E-state index in [0.717, 1.165) is 11.4 Å². The molecule has 4 rings (SSSR count). The van der Waals surface area contributed by atoms with E-state index in [1.807, 2.05) is 11.0 Å². The summed E-state index contributed by atoms with van der Waals surface area (Å²) in [5.74, 6) is 0.815. The quantitative estimate of drug-likeness (QED) is 0.847. The molecule has 1 atom stereocenters. The van der Waals surface area contributed by atoms with Gasteiger partial charge in [-0.3, -0.25) is 4.57 Å². The molecule has 0 spiro atoms. The molecule has 0 aliphatic carbocycles. The van der Waals surface area contributed by atoms with Crippen molar-refractivity contribution < 1.29 is 13.9 Å². The molecule has 2 aliphatic heterocycles. The Morgan fingerprint density at radius 3 is 3.17 bits per heavy atom. The van der Waals surface area contributed by atoms with Crippen LogP contribution in [-0.4, -0.2) is 35.5 Å². The number of hydrogen-bond donors (Lipinski definition) is 0. The zero-order valence-electron chi connectivity index (χ0n) is 12.4. The molecular formula is C16H16FN3O3. The second kappa shape index (κ2) is 5.66. The third-order valence-corrected chi connectivity index (χ3v) is 4.16. The van der Waals surface area contributed by atoms with E-state index in [4.69, 9.17) is 9.47 Å². The van der Waals surface area contributed by atoms with E-state index in [2.05, 4.69) is 4.98 Å². The zero-order valence-corrected chi connectivity index (χ0v) is 12.4. The van der Waals surface area contributed by atoms with Gasteiger partial charge in [0.25, 0.3) is 0 Å². The fourth-order valence-corrected chi connectivity index (χ4v) is 3.02. The second-order valence-electron chi connectivity index (χ2n) is 5.70. The molecule has 0 amide bonds. The van der Waals surface area contributed by atoms with Gasteiger partial charge in [-0.1, -0.05) is 12.1 Å². The van der Waals surface area contributed by atoms with Crippen molar-refractivity contribution >= 4 is 5.82 Å². The second-order valence-corrected chi connectivity index (χ2v) is 5.70. The molecule has 6 nitrogen and oxygen atoms in total. The van der Waals surface area contributed by atoms with Crippen LogP contribution in [0.3, 0.4) is 0 Å². The van der Waals surface area contributed by atoms with E-state index in [9.17, 15) is 9.18 Å². The summed E-state index contributed by atoms with van der Waals surface area (Å²) in [7, 11) is 0. The van der Waals surface area contributed by atoms with E-state index in [0.29, 0.717) is 38.8 Å². The highest BCUT2D eigenvalue weighted by Gasteiger charge is 2.35. The maximum absolute atomic E-state index is 13.1. The number of rotatable bonds is 4. The van der Waals surface area contributed by atoms with Gasteiger partial charge in [-0.2, -0.15) is 4.98 Å². The van der Waals surface area contributed by atoms with Crippen molar-refractivity contribution in [1.82, 2.24) is 9.55 Å². The Labute approximate surface area is 132 Å². The summed E-state index contributed by atoms with van der Waals surface area (Å²) >= 11 is 0.